The Morgan fingerprint density at radius 1 is 1.28 bits per heavy atom. The van der Waals surface area contributed by atoms with Crippen LogP contribution in [-0.2, 0) is 16.9 Å². The van der Waals surface area contributed by atoms with Crippen LogP contribution < -0.4 is 0 Å². The molecule has 2 heterocycles. The molecule has 0 bridgehead atoms. The van der Waals surface area contributed by atoms with Crippen molar-refractivity contribution in [1.29, 1.82) is 0 Å². The Hall–Kier alpha value is -1.68. The van der Waals surface area contributed by atoms with Gasteiger partial charge >= 0.3 is 0 Å². The summed E-state index contributed by atoms with van der Waals surface area (Å²) >= 11 is 0. The summed E-state index contributed by atoms with van der Waals surface area (Å²) in [5, 5.41) is 4.19. The van der Waals surface area contributed by atoms with E-state index in [9.17, 15) is 0 Å². The fourth-order valence-electron chi connectivity index (χ4n) is 2.73. The third-order valence-corrected chi connectivity index (χ3v) is 3.96. The molecule has 1 aliphatic heterocycles. The molecule has 0 N–H and O–H groups in total. The average Bonchev–Trinajstić information content (AvgIpc) is 2.91. The zero-order valence-corrected chi connectivity index (χ0v) is 10.7. The molecule has 1 fully saturated rings. The van der Waals surface area contributed by atoms with Gasteiger partial charge in [0.15, 0.2) is 0 Å². The van der Waals surface area contributed by atoms with Crippen molar-refractivity contribution >= 4 is 0 Å². The van der Waals surface area contributed by atoms with Gasteiger partial charge < -0.3 is 4.74 Å². The van der Waals surface area contributed by atoms with Crippen LogP contribution in [-0.4, -0.2) is 20.9 Å². The largest absolute Gasteiger partial charge is 0.365 e. The summed E-state index contributed by atoms with van der Waals surface area (Å²) in [5.41, 5.74) is 0.945. The summed E-state index contributed by atoms with van der Waals surface area (Å²) in [6.45, 7) is 5.06. The summed E-state index contributed by atoms with van der Waals surface area (Å²) in [7, 11) is 0. The molecule has 3 unspecified atom stereocenters. The smallest absolute Gasteiger partial charge is 0.137 e. The Bertz CT molecular complexity index is 511. The van der Waals surface area contributed by atoms with E-state index >= 15 is 0 Å². The molecule has 3 rings (SSSR count). The molecule has 1 aromatic heterocycles. The van der Waals surface area contributed by atoms with Crippen LogP contribution in [0.4, 0.5) is 0 Å². The van der Waals surface area contributed by atoms with Gasteiger partial charge in [0.2, 0.25) is 0 Å². The Balaban J connectivity index is 1.95. The normalized spacial score (nSPS) is 31.0. The fourth-order valence-corrected chi connectivity index (χ4v) is 2.73. The van der Waals surface area contributed by atoms with E-state index in [2.05, 4.69) is 48.2 Å². The molecular weight excluding hydrogens is 226 g/mol. The molecule has 0 radical (unpaired) electrons. The molecule has 2 aromatic rings. The lowest BCUT2D eigenvalue weighted by Crippen LogP contribution is -2.57. The van der Waals surface area contributed by atoms with Crippen LogP contribution in [0.3, 0.4) is 0 Å². The molecule has 1 aliphatic rings. The van der Waals surface area contributed by atoms with Crippen molar-refractivity contribution < 1.29 is 4.74 Å². The van der Waals surface area contributed by atoms with Crippen LogP contribution in [0.2, 0.25) is 0 Å². The molecule has 18 heavy (non-hydrogen) atoms. The van der Waals surface area contributed by atoms with E-state index in [1.807, 2.05) is 10.7 Å². The molecule has 1 aromatic carbocycles. The number of hydrogen-bond acceptors (Lipinski definition) is 3. The fraction of sp³-hybridized carbons (Fsp3) is 0.429. The van der Waals surface area contributed by atoms with Gasteiger partial charge in [-0.1, -0.05) is 37.3 Å². The SMILES string of the molecule is CC1OC(Cn2cncn2)(c2ccccc2)C1C. The van der Waals surface area contributed by atoms with Crippen molar-refractivity contribution in [3.8, 4) is 0 Å². The van der Waals surface area contributed by atoms with Crippen molar-refractivity contribution in [2.24, 2.45) is 5.92 Å². The van der Waals surface area contributed by atoms with Gasteiger partial charge in [-0.05, 0) is 12.5 Å². The average molecular weight is 243 g/mol. The van der Waals surface area contributed by atoms with Gasteiger partial charge in [-0.25, -0.2) is 9.67 Å². The van der Waals surface area contributed by atoms with Crippen LogP contribution >= 0.6 is 0 Å². The Morgan fingerprint density at radius 3 is 2.61 bits per heavy atom. The van der Waals surface area contributed by atoms with E-state index < -0.39 is 0 Å². The zero-order valence-electron chi connectivity index (χ0n) is 10.7. The summed E-state index contributed by atoms with van der Waals surface area (Å²) in [4.78, 5) is 4.00. The second-order valence-electron chi connectivity index (χ2n) is 4.96. The monoisotopic (exact) mass is 243 g/mol. The highest BCUT2D eigenvalue weighted by atomic mass is 16.5. The number of benzene rings is 1. The van der Waals surface area contributed by atoms with Gasteiger partial charge in [0, 0.05) is 5.92 Å². The maximum Gasteiger partial charge on any atom is 0.137 e. The Labute approximate surface area is 107 Å². The molecular formula is C14H17N3O. The molecule has 0 spiro atoms. The van der Waals surface area contributed by atoms with Crippen molar-refractivity contribution in [2.45, 2.75) is 32.1 Å². The van der Waals surface area contributed by atoms with Crippen LogP contribution in [0.15, 0.2) is 43.0 Å². The molecule has 0 saturated carbocycles. The lowest BCUT2D eigenvalue weighted by Gasteiger charge is -2.53. The Kier molecular flexibility index (Phi) is 2.67. The number of ether oxygens (including phenoxy) is 1. The van der Waals surface area contributed by atoms with Gasteiger partial charge in [-0.3, -0.25) is 0 Å². The van der Waals surface area contributed by atoms with E-state index in [0.717, 1.165) is 0 Å². The van der Waals surface area contributed by atoms with Crippen LogP contribution in [0.1, 0.15) is 19.4 Å². The standard InChI is InChI=1S/C14H17N3O/c1-11-12(2)18-14(11,8-17-10-15-9-16-17)13-6-4-3-5-7-13/h3-7,9-12H,8H2,1-2H3. The van der Waals surface area contributed by atoms with E-state index in [4.69, 9.17) is 4.74 Å². The van der Waals surface area contributed by atoms with E-state index in [1.54, 1.807) is 12.7 Å². The summed E-state index contributed by atoms with van der Waals surface area (Å²) in [5.74, 6) is 0.462. The highest BCUT2D eigenvalue weighted by Gasteiger charge is 2.52. The van der Waals surface area contributed by atoms with Gasteiger partial charge in [0.25, 0.3) is 0 Å². The second kappa shape index (κ2) is 4.21. The lowest BCUT2D eigenvalue weighted by atomic mass is 9.74. The number of hydrogen-bond donors (Lipinski definition) is 0. The highest BCUT2D eigenvalue weighted by molar-refractivity contribution is 5.26. The maximum absolute atomic E-state index is 6.11. The second-order valence-corrected chi connectivity index (χ2v) is 4.96. The Morgan fingerprint density at radius 2 is 2.06 bits per heavy atom. The van der Waals surface area contributed by atoms with Crippen LogP contribution in [0.5, 0.6) is 0 Å². The minimum atomic E-state index is -0.269. The summed E-state index contributed by atoms with van der Waals surface area (Å²) in [6, 6.07) is 10.4. The van der Waals surface area contributed by atoms with Crippen LogP contribution in [0.25, 0.3) is 0 Å². The molecule has 0 amide bonds. The first-order valence-electron chi connectivity index (χ1n) is 6.28. The van der Waals surface area contributed by atoms with E-state index in [0.29, 0.717) is 12.5 Å². The minimum Gasteiger partial charge on any atom is -0.365 e. The first-order valence-corrected chi connectivity index (χ1v) is 6.28. The molecule has 4 nitrogen and oxygen atoms in total. The molecule has 94 valence electrons. The molecule has 0 aliphatic carbocycles. The summed E-state index contributed by atoms with van der Waals surface area (Å²) in [6.07, 6.45) is 3.59. The quantitative estimate of drug-likeness (QED) is 0.830. The maximum atomic E-state index is 6.11. The minimum absolute atomic E-state index is 0.269. The topological polar surface area (TPSA) is 39.9 Å². The predicted molar refractivity (Wildman–Crippen MR) is 67.9 cm³/mol. The third-order valence-electron chi connectivity index (χ3n) is 3.96. The van der Waals surface area contributed by atoms with E-state index in [1.165, 1.54) is 5.56 Å². The van der Waals surface area contributed by atoms with Gasteiger partial charge in [-0.2, -0.15) is 5.10 Å². The lowest BCUT2D eigenvalue weighted by molar-refractivity contribution is -0.263. The van der Waals surface area contributed by atoms with Gasteiger partial charge in [0.1, 0.15) is 18.3 Å². The van der Waals surface area contributed by atoms with Crippen LogP contribution in [0, 0.1) is 5.92 Å². The van der Waals surface area contributed by atoms with Gasteiger partial charge in [0.05, 0.1) is 12.6 Å². The molecule has 1 saturated heterocycles. The molecule has 3 atom stereocenters. The van der Waals surface area contributed by atoms with Gasteiger partial charge in [-0.15, -0.1) is 0 Å². The zero-order chi connectivity index (χ0) is 12.6. The highest BCUT2D eigenvalue weighted by Crippen LogP contribution is 2.47. The summed E-state index contributed by atoms with van der Waals surface area (Å²) < 4.78 is 7.95. The number of aromatic nitrogens is 3. The molecule has 4 heteroatoms. The van der Waals surface area contributed by atoms with Crippen molar-refractivity contribution in [3.05, 3.63) is 48.5 Å². The van der Waals surface area contributed by atoms with E-state index in [-0.39, 0.29) is 11.7 Å². The predicted octanol–water partition coefficient (Wildman–Crippen LogP) is 2.23. The van der Waals surface area contributed by atoms with Crippen molar-refractivity contribution in [2.75, 3.05) is 0 Å². The third kappa shape index (κ3) is 1.64. The first-order chi connectivity index (χ1) is 8.72. The first kappa shape index (κ1) is 11.4. The number of rotatable bonds is 3. The number of nitrogens with zero attached hydrogens (tertiary/aromatic N) is 3. The van der Waals surface area contributed by atoms with Crippen molar-refractivity contribution in [1.82, 2.24) is 14.8 Å². The van der Waals surface area contributed by atoms with Crippen molar-refractivity contribution in [3.63, 3.8) is 0 Å².